The van der Waals surface area contributed by atoms with Crippen molar-refractivity contribution in [1.82, 2.24) is 0 Å². The van der Waals surface area contributed by atoms with E-state index in [2.05, 4.69) is 5.32 Å². The summed E-state index contributed by atoms with van der Waals surface area (Å²) in [5.41, 5.74) is 0.390. The van der Waals surface area contributed by atoms with E-state index in [0.29, 0.717) is 10.7 Å². The van der Waals surface area contributed by atoms with Crippen LogP contribution < -0.4 is 5.32 Å². The van der Waals surface area contributed by atoms with Gasteiger partial charge >= 0.3 is 5.97 Å². The zero-order chi connectivity index (χ0) is 19.3. The van der Waals surface area contributed by atoms with Crippen molar-refractivity contribution in [3.8, 4) is 0 Å². The van der Waals surface area contributed by atoms with Gasteiger partial charge in [0.1, 0.15) is 5.78 Å². The molecule has 0 aromatic heterocycles. The fourth-order valence-corrected chi connectivity index (χ4v) is 3.32. The number of hydrogen-bond acceptors (Lipinski definition) is 6. The second kappa shape index (κ2) is 8.75. The van der Waals surface area contributed by atoms with Gasteiger partial charge in [0.25, 0.3) is 5.91 Å². The number of para-hydroxylation sites is 1. The molecule has 140 valence electrons. The van der Waals surface area contributed by atoms with Crippen LogP contribution in [0.15, 0.2) is 24.3 Å². The van der Waals surface area contributed by atoms with Crippen molar-refractivity contribution in [2.75, 3.05) is 18.5 Å². The number of carbonyl (C=O) groups excluding carboxylic acids is 3. The third-order valence-electron chi connectivity index (χ3n) is 4.44. The molecule has 0 bridgehead atoms. The lowest BCUT2D eigenvalue weighted by Gasteiger charge is -2.17. The Kier molecular flexibility index (Phi) is 6.68. The summed E-state index contributed by atoms with van der Waals surface area (Å²) in [5, 5.41) is 13.6. The molecule has 1 aromatic carbocycles. The van der Waals surface area contributed by atoms with Gasteiger partial charge in [-0.15, -0.1) is 0 Å². The van der Waals surface area contributed by atoms with Crippen molar-refractivity contribution >= 4 is 34.9 Å². The normalized spacial score (nSPS) is 22.1. The minimum Gasteiger partial charge on any atom is -0.456 e. The van der Waals surface area contributed by atoms with Crippen molar-refractivity contribution in [2.45, 2.75) is 19.8 Å². The molecule has 0 saturated heterocycles. The first kappa shape index (κ1) is 19.8. The van der Waals surface area contributed by atoms with Gasteiger partial charge in [-0.25, -0.2) is 0 Å². The molecule has 1 saturated carbocycles. The number of esters is 1. The number of rotatable bonds is 7. The number of amides is 1. The van der Waals surface area contributed by atoms with Crippen LogP contribution in [0.25, 0.3) is 0 Å². The Morgan fingerprint density at radius 2 is 2.08 bits per heavy atom. The summed E-state index contributed by atoms with van der Waals surface area (Å²) in [6, 6.07) is 6.60. The molecule has 9 heteroatoms. The Morgan fingerprint density at radius 3 is 2.73 bits per heavy atom. The van der Waals surface area contributed by atoms with Crippen molar-refractivity contribution in [3.05, 3.63) is 39.4 Å². The van der Waals surface area contributed by atoms with E-state index in [4.69, 9.17) is 16.3 Å². The summed E-state index contributed by atoms with van der Waals surface area (Å²) >= 11 is 5.92. The van der Waals surface area contributed by atoms with Crippen LogP contribution in [0.3, 0.4) is 0 Å². The van der Waals surface area contributed by atoms with E-state index >= 15 is 0 Å². The lowest BCUT2D eigenvalue weighted by atomic mass is 9.88. The number of nitrogens with zero attached hydrogens (tertiary/aromatic N) is 1. The number of nitro groups is 1. The second-order valence-electron chi connectivity index (χ2n) is 6.33. The van der Waals surface area contributed by atoms with Crippen LogP contribution in [0.1, 0.15) is 19.8 Å². The Morgan fingerprint density at radius 1 is 1.38 bits per heavy atom. The van der Waals surface area contributed by atoms with Gasteiger partial charge in [0.2, 0.25) is 6.54 Å². The molecule has 0 spiro atoms. The number of ketones is 1. The number of halogens is 1. The van der Waals surface area contributed by atoms with Gasteiger partial charge in [-0.1, -0.05) is 30.7 Å². The van der Waals surface area contributed by atoms with Gasteiger partial charge < -0.3 is 10.1 Å². The van der Waals surface area contributed by atoms with E-state index in [1.54, 1.807) is 31.2 Å². The highest BCUT2D eigenvalue weighted by molar-refractivity contribution is 6.33. The molecule has 2 rings (SSSR count). The maximum atomic E-state index is 12.0. The van der Waals surface area contributed by atoms with Crippen molar-refractivity contribution < 1.29 is 24.0 Å². The Balaban J connectivity index is 1.85. The predicted octanol–water partition coefficient (Wildman–Crippen LogP) is 2.33. The van der Waals surface area contributed by atoms with Crippen LogP contribution >= 0.6 is 11.6 Å². The van der Waals surface area contributed by atoms with Gasteiger partial charge in [-0.2, -0.15) is 0 Å². The molecular weight excluding hydrogens is 364 g/mol. The minimum absolute atomic E-state index is 0.158. The largest absolute Gasteiger partial charge is 0.456 e. The summed E-state index contributed by atoms with van der Waals surface area (Å²) in [5.74, 6) is -2.88. The molecule has 1 fully saturated rings. The molecule has 8 nitrogen and oxygen atoms in total. The maximum Gasteiger partial charge on any atom is 0.307 e. The van der Waals surface area contributed by atoms with Crippen LogP contribution in [-0.4, -0.2) is 35.7 Å². The molecule has 0 unspecified atom stereocenters. The first-order chi connectivity index (χ1) is 12.3. The van der Waals surface area contributed by atoms with Crippen molar-refractivity contribution in [2.24, 2.45) is 17.8 Å². The molecule has 1 N–H and O–H groups in total. The van der Waals surface area contributed by atoms with Crippen LogP contribution in [0.5, 0.6) is 0 Å². The molecule has 26 heavy (non-hydrogen) atoms. The molecule has 0 aliphatic heterocycles. The lowest BCUT2D eigenvalue weighted by Crippen LogP contribution is -2.28. The fraction of sp³-hybridized carbons (Fsp3) is 0.471. The Labute approximate surface area is 155 Å². The second-order valence-corrected chi connectivity index (χ2v) is 6.73. The average Bonchev–Trinajstić information content (AvgIpc) is 2.81. The van der Waals surface area contributed by atoms with E-state index in [1.165, 1.54) is 0 Å². The molecule has 1 aliphatic carbocycles. The van der Waals surface area contributed by atoms with Crippen LogP contribution in [-0.2, 0) is 19.1 Å². The summed E-state index contributed by atoms with van der Waals surface area (Å²) in [6.45, 7) is 0.868. The van der Waals surface area contributed by atoms with E-state index in [1.807, 2.05) is 0 Å². The molecular formula is C17H19ClN2O6. The standard InChI is InChI=1S/C17H19ClN2O6/c1-10-6-15(21)11(12(10)8-20(24)25)7-17(23)26-9-16(22)19-14-5-3-2-4-13(14)18/h2-5,10-12H,6-9H2,1H3,(H,19,22)/t10-,11+,12-/m1/s1. The predicted molar refractivity (Wildman–Crippen MR) is 93.3 cm³/mol. The third kappa shape index (κ3) is 5.26. The Bertz CT molecular complexity index is 723. The van der Waals surface area contributed by atoms with Crippen LogP contribution in [0.4, 0.5) is 5.69 Å². The topological polar surface area (TPSA) is 116 Å². The number of Topliss-reactive ketones (excluding diaryl/α,β-unsaturated/α-hetero) is 1. The average molecular weight is 383 g/mol. The number of carbonyl (C=O) groups is 3. The van der Waals surface area contributed by atoms with E-state index in [9.17, 15) is 24.5 Å². The SMILES string of the molecule is C[C@@H]1CC(=O)[C@@H](CC(=O)OCC(=O)Nc2ccccc2Cl)[C@@H]1C[N+](=O)[O-]. The molecule has 1 aromatic rings. The summed E-state index contributed by atoms with van der Waals surface area (Å²) in [6.07, 6.45) is -0.0511. The minimum atomic E-state index is -0.741. The van der Waals surface area contributed by atoms with Gasteiger partial charge in [-0.3, -0.25) is 24.5 Å². The maximum absolute atomic E-state index is 12.0. The number of nitrogens with one attached hydrogen (secondary N) is 1. The number of benzene rings is 1. The van der Waals surface area contributed by atoms with Gasteiger partial charge in [0, 0.05) is 23.2 Å². The van der Waals surface area contributed by atoms with E-state index < -0.39 is 35.2 Å². The lowest BCUT2D eigenvalue weighted by molar-refractivity contribution is -0.490. The fourth-order valence-electron chi connectivity index (χ4n) is 3.13. The zero-order valence-electron chi connectivity index (χ0n) is 14.1. The first-order valence-corrected chi connectivity index (χ1v) is 8.50. The number of ether oxygens (including phenoxy) is 1. The highest BCUT2D eigenvalue weighted by Gasteiger charge is 2.44. The summed E-state index contributed by atoms with van der Waals surface area (Å²) in [7, 11) is 0. The Hall–Kier alpha value is -2.48. The molecule has 1 aliphatic rings. The van der Waals surface area contributed by atoms with Crippen LogP contribution in [0, 0.1) is 27.9 Å². The monoisotopic (exact) mass is 382 g/mol. The molecule has 0 radical (unpaired) electrons. The highest BCUT2D eigenvalue weighted by Crippen LogP contribution is 2.36. The van der Waals surface area contributed by atoms with Crippen LogP contribution in [0.2, 0.25) is 5.02 Å². The summed E-state index contributed by atoms with van der Waals surface area (Å²) in [4.78, 5) is 46.1. The van der Waals surface area contributed by atoms with Gasteiger partial charge in [0.05, 0.1) is 17.1 Å². The van der Waals surface area contributed by atoms with E-state index in [-0.39, 0.29) is 31.1 Å². The smallest absolute Gasteiger partial charge is 0.307 e. The number of anilines is 1. The molecule has 1 amide bonds. The number of hydrogen-bond donors (Lipinski definition) is 1. The van der Waals surface area contributed by atoms with Gasteiger partial charge in [0.15, 0.2) is 6.61 Å². The summed E-state index contributed by atoms with van der Waals surface area (Å²) < 4.78 is 4.90. The van der Waals surface area contributed by atoms with E-state index in [0.717, 1.165) is 0 Å². The first-order valence-electron chi connectivity index (χ1n) is 8.12. The molecule has 3 atom stereocenters. The third-order valence-corrected chi connectivity index (χ3v) is 4.77. The molecule has 0 heterocycles. The highest BCUT2D eigenvalue weighted by atomic mass is 35.5. The van der Waals surface area contributed by atoms with Crippen molar-refractivity contribution in [1.29, 1.82) is 0 Å². The van der Waals surface area contributed by atoms with Crippen molar-refractivity contribution in [3.63, 3.8) is 0 Å². The quantitative estimate of drug-likeness (QED) is 0.439. The zero-order valence-corrected chi connectivity index (χ0v) is 14.9. The van der Waals surface area contributed by atoms with Gasteiger partial charge in [-0.05, 0) is 18.1 Å².